The number of hydrogen-bond acceptors (Lipinski definition) is 6. The first-order valence-corrected chi connectivity index (χ1v) is 11.1. The van der Waals surface area contributed by atoms with Gasteiger partial charge in [-0.2, -0.15) is 5.10 Å². The summed E-state index contributed by atoms with van der Waals surface area (Å²) in [5, 5.41) is 7.56. The first kappa shape index (κ1) is 21.6. The predicted octanol–water partition coefficient (Wildman–Crippen LogP) is 0.525. The Balaban J connectivity index is 1.24. The van der Waals surface area contributed by atoms with E-state index in [2.05, 4.69) is 15.3 Å². The largest absolute Gasteiger partial charge is 0.492 e. The average Bonchev–Trinajstić information content (AvgIpc) is 2.96. The van der Waals surface area contributed by atoms with Crippen molar-refractivity contribution in [3.63, 3.8) is 0 Å². The van der Waals surface area contributed by atoms with Crippen molar-refractivity contribution in [3.8, 4) is 5.75 Å². The van der Waals surface area contributed by atoms with Crippen LogP contribution in [0.2, 0.25) is 0 Å². The lowest BCUT2D eigenvalue weighted by atomic mass is 9.99. The number of carbonyl (C=O) groups excluding carboxylic acids is 1. The first-order chi connectivity index (χ1) is 15.2. The summed E-state index contributed by atoms with van der Waals surface area (Å²) in [7, 11) is 0. The Morgan fingerprint density at radius 3 is 2.74 bits per heavy atom. The average molecular weight is 430 g/mol. The third kappa shape index (κ3) is 5.74. The Hall–Kier alpha value is -2.65. The zero-order valence-corrected chi connectivity index (χ0v) is 17.9. The molecule has 1 saturated heterocycles. The topological polar surface area (TPSA) is 90.6 Å². The van der Waals surface area contributed by atoms with E-state index in [0.29, 0.717) is 45.5 Å². The fourth-order valence-electron chi connectivity index (χ4n) is 4.11. The van der Waals surface area contributed by atoms with Crippen LogP contribution >= 0.6 is 0 Å². The van der Waals surface area contributed by atoms with Gasteiger partial charge in [-0.25, -0.2) is 9.48 Å². The Morgan fingerprint density at radius 1 is 1.13 bits per heavy atom. The minimum absolute atomic E-state index is 0.0793. The van der Waals surface area contributed by atoms with E-state index >= 15 is 0 Å². The van der Waals surface area contributed by atoms with Crippen LogP contribution in [0.4, 0.5) is 0 Å². The smallest absolute Gasteiger partial charge is 0.346 e. The number of nitrogens with one attached hydrogen (secondary N) is 1. The highest BCUT2D eigenvalue weighted by Crippen LogP contribution is 2.18. The number of para-hydroxylation sites is 1. The van der Waals surface area contributed by atoms with E-state index in [4.69, 9.17) is 9.47 Å². The predicted molar refractivity (Wildman–Crippen MR) is 115 cm³/mol. The number of carbonyl (C=O) groups is 1. The number of hydrogen-bond donors (Lipinski definition) is 1. The number of amides is 1. The SMILES string of the molecule is O=C(NCCN1CCOCC1)[C@H]1CCc2nn(CCOc3ccccc3)c(=O)n2CC1. The molecule has 31 heavy (non-hydrogen) atoms. The Bertz CT molecular complexity index is 904. The van der Waals surface area contributed by atoms with E-state index in [1.165, 1.54) is 4.68 Å². The lowest BCUT2D eigenvalue weighted by Gasteiger charge is -2.26. The molecule has 1 aromatic carbocycles. The van der Waals surface area contributed by atoms with E-state index in [1.54, 1.807) is 4.57 Å². The van der Waals surface area contributed by atoms with Crippen LogP contribution < -0.4 is 15.7 Å². The molecule has 168 valence electrons. The van der Waals surface area contributed by atoms with Crippen LogP contribution in [-0.2, 0) is 29.0 Å². The third-order valence-electron chi connectivity index (χ3n) is 5.93. The first-order valence-electron chi connectivity index (χ1n) is 11.1. The number of rotatable bonds is 8. The molecule has 9 nitrogen and oxygen atoms in total. The number of aryl methyl sites for hydroxylation is 1. The van der Waals surface area contributed by atoms with Gasteiger partial charge in [0.1, 0.15) is 18.2 Å². The van der Waals surface area contributed by atoms with Crippen LogP contribution in [-0.4, -0.2) is 71.2 Å². The maximum Gasteiger partial charge on any atom is 0.346 e. The molecule has 2 aliphatic heterocycles. The van der Waals surface area contributed by atoms with Crippen LogP contribution in [0.15, 0.2) is 35.1 Å². The summed E-state index contributed by atoms with van der Waals surface area (Å²) in [6.07, 6.45) is 1.99. The summed E-state index contributed by atoms with van der Waals surface area (Å²) in [6.45, 7) is 6.16. The van der Waals surface area contributed by atoms with Crippen LogP contribution in [0, 0.1) is 5.92 Å². The normalized spacial score (nSPS) is 19.4. The fraction of sp³-hybridized carbons (Fsp3) is 0.591. The van der Waals surface area contributed by atoms with Crippen molar-refractivity contribution in [2.45, 2.75) is 32.4 Å². The molecule has 1 amide bonds. The van der Waals surface area contributed by atoms with E-state index in [9.17, 15) is 9.59 Å². The maximum absolute atomic E-state index is 12.7. The zero-order valence-electron chi connectivity index (χ0n) is 17.9. The van der Waals surface area contributed by atoms with Crippen molar-refractivity contribution < 1.29 is 14.3 Å². The van der Waals surface area contributed by atoms with Gasteiger partial charge in [0.05, 0.1) is 19.8 Å². The molecule has 0 radical (unpaired) electrons. The minimum Gasteiger partial charge on any atom is -0.492 e. The van der Waals surface area contributed by atoms with Crippen molar-refractivity contribution in [2.24, 2.45) is 5.92 Å². The summed E-state index contributed by atoms with van der Waals surface area (Å²) in [4.78, 5) is 27.6. The second kappa shape index (κ2) is 10.6. The van der Waals surface area contributed by atoms with Gasteiger partial charge in [0.25, 0.3) is 0 Å². The Labute approximate surface area is 181 Å². The monoisotopic (exact) mass is 429 g/mol. The van der Waals surface area contributed by atoms with Gasteiger partial charge in [-0.3, -0.25) is 14.3 Å². The molecule has 1 fully saturated rings. The van der Waals surface area contributed by atoms with Gasteiger partial charge in [0, 0.05) is 45.1 Å². The van der Waals surface area contributed by atoms with E-state index in [-0.39, 0.29) is 17.5 Å². The fourth-order valence-corrected chi connectivity index (χ4v) is 4.11. The highest BCUT2D eigenvalue weighted by Gasteiger charge is 2.25. The second-order valence-corrected chi connectivity index (χ2v) is 8.00. The quantitative estimate of drug-likeness (QED) is 0.658. The van der Waals surface area contributed by atoms with Gasteiger partial charge < -0.3 is 14.8 Å². The molecular weight excluding hydrogens is 398 g/mol. The summed E-state index contributed by atoms with van der Waals surface area (Å²) < 4.78 is 14.2. The molecule has 0 saturated carbocycles. The molecule has 2 aromatic rings. The number of nitrogens with zero attached hydrogens (tertiary/aromatic N) is 4. The number of fused-ring (bicyclic) bond motifs is 1. The summed E-state index contributed by atoms with van der Waals surface area (Å²) in [5.41, 5.74) is -0.125. The summed E-state index contributed by atoms with van der Waals surface area (Å²) >= 11 is 0. The molecule has 4 rings (SSSR count). The highest BCUT2D eigenvalue weighted by atomic mass is 16.5. The number of benzene rings is 1. The van der Waals surface area contributed by atoms with Crippen molar-refractivity contribution in [2.75, 3.05) is 46.0 Å². The van der Waals surface area contributed by atoms with Gasteiger partial charge in [0.2, 0.25) is 5.91 Å². The van der Waals surface area contributed by atoms with Crippen LogP contribution in [0.1, 0.15) is 18.7 Å². The Morgan fingerprint density at radius 2 is 1.94 bits per heavy atom. The molecule has 1 N–H and O–H groups in total. The molecule has 0 unspecified atom stereocenters. The van der Waals surface area contributed by atoms with E-state index < -0.39 is 0 Å². The lowest BCUT2D eigenvalue weighted by Crippen LogP contribution is -2.42. The molecule has 1 atom stereocenters. The van der Waals surface area contributed by atoms with Gasteiger partial charge >= 0.3 is 5.69 Å². The van der Waals surface area contributed by atoms with Crippen LogP contribution in [0.5, 0.6) is 5.75 Å². The zero-order chi connectivity index (χ0) is 21.5. The number of ether oxygens (including phenoxy) is 2. The third-order valence-corrected chi connectivity index (χ3v) is 5.93. The molecular formula is C22H31N5O4. The van der Waals surface area contributed by atoms with E-state index in [1.807, 2.05) is 30.3 Å². The van der Waals surface area contributed by atoms with Crippen LogP contribution in [0.3, 0.4) is 0 Å². The van der Waals surface area contributed by atoms with Gasteiger partial charge in [0.15, 0.2) is 0 Å². The highest BCUT2D eigenvalue weighted by molar-refractivity contribution is 5.78. The Kier molecular flexibility index (Phi) is 7.37. The molecule has 2 aliphatic rings. The molecule has 0 spiro atoms. The lowest BCUT2D eigenvalue weighted by molar-refractivity contribution is -0.125. The summed E-state index contributed by atoms with van der Waals surface area (Å²) in [6, 6.07) is 9.53. The summed E-state index contributed by atoms with van der Waals surface area (Å²) in [5.74, 6) is 1.53. The minimum atomic E-state index is -0.125. The van der Waals surface area contributed by atoms with Gasteiger partial charge in [-0.1, -0.05) is 18.2 Å². The molecule has 3 heterocycles. The molecule has 1 aromatic heterocycles. The van der Waals surface area contributed by atoms with Crippen molar-refractivity contribution in [3.05, 3.63) is 46.6 Å². The van der Waals surface area contributed by atoms with Crippen molar-refractivity contribution >= 4 is 5.91 Å². The number of aromatic nitrogens is 3. The standard InChI is InChI=1S/C22H31N5O4/c28-21(23-9-11-25-12-15-30-16-13-25)18-6-7-20-24-27(22(29)26(20)10-8-18)14-17-31-19-4-2-1-3-5-19/h1-5,18H,6-17H2,(H,23,28)/t18-/m0/s1. The molecule has 0 aliphatic carbocycles. The maximum atomic E-state index is 12.7. The second-order valence-electron chi connectivity index (χ2n) is 8.00. The number of morpholine rings is 1. The van der Waals surface area contributed by atoms with Gasteiger partial charge in [-0.05, 0) is 25.0 Å². The van der Waals surface area contributed by atoms with E-state index in [0.717, 1.165) is 44.4 Å². The van der Waals surface area contributed by atoms with Crippen LogP contribution in [0.25, 0.3) is 0 Å². The van der Waals surface area contributed by atoms with Crippen molar-refractivity contribution in [1.29, 1.82) is 0 Å². The molecule has 9 heteroatoms. The van der Waals surface area contributed by atoms with Crippen molar-refractivity contribution in [1.82, 2.24) is 24.6 Å². The van der Waals surface area contributed by atoms with Gasteiger partial charge in [-0.15, -0.1) is 0 Å². The molecule has 0 bridgehead atoms.